The number of aromatic nitrogens is 3. The van der Waals surface area contributed by atoms with Crippen molar-refractivity contribution in [2.75, 3.05) is 23.8 Å². The largest absolute Gasteiger partial charge is 0.481 e. The van der Waals surface area contributed by atoms with Crippen LogP contribution in [-0.2, 0) is 4.79 Å². The summed E-state index contributed by atoms with van der Waals surface area (Å²) >= 11 is 0. The summed E-state index contributed by atoms with van der Waals surface area (Å²) in [7, 11) is 0. The number of nitrogens with zero attached hydrogens (tertiary/aromatic N) is 4. The number of fused-ring (bicyclic) bond motifs is 1. The van der Waals surface area contributed by atoms with Gasteiger partial charge in [-0.25, -0.2) is 9.97 Å². The molecule has 1 aliphatic carbocycles. The number of carbonyl (C=O) groups excluding carboxylic acids is 1. The van der Waals surface area contributed by atoms with Gasteiger partial charge in [0, 0.05) is 18.0 Å². The smallest absolute Gasteiger partial charge is 0.303 e. The highest BCUT2D eigenvalue weighted by Crippen LogP contribution is 2.37. The van der Waals surface area contributed by atoms with Crippen LogP contribution in [0.3, 0.4) is 0 Å². The van der Waals surface area contributed by atoms with Crippen LogP contribution in [0, 0.1) is 5.92 Å². The van der Waals surface area contributed by atoms with Crippen molar-refractivity contribution in [1.82, 2.24) is 15.0 Å². The SMILES string of the molecule is Nc1ncnc2c1C(=O)N(c1ccc(C3CCC(CC(=O)O)CC3)nc1)CCO2. The van der Waals surface area contributed by atoms with Crippen LogP contribution in [0.2, 0.25) is 0 Å². The molecule has 3 heterocycles. The number of aliphatic carboxylic acids is 1. The molecule has 0 spiro atoms. The normalized spacial score (nSPS) is 21.8. The fraction of sp³-hybridized carbons (Fsp3) is 0.450. The molecular weight excluding hydrogens is 374 g/mol. The minimum absolute atomic E-state index is 0.0922. The van der Waals surface area contributed by atoms with Crippen LogP contribution in [0.1, 0.15) is 54.1 Å². The van der Waals surface area contributed by atoms with E-state index in [4.69, 9.17) is 15.6 Å². The molecule has 1 aliphatic heterocycles. The number of hydrogen-bond donors (Lipinski definition) is 2. The first-order chi connectivity index (χ1) is 14.0. The number of pyridine rings is 1. The maximum absolute atomic E-state index is 13.0. The molecule has 1 saturated carbocycles. The molecule has 29 heavy (non-hydrogen) atoms. The molecule has 2 aliphatic rings. The Bertz CT molecular complexity index is 910. The van der Waals surface area contributed by atoms with E-state index in [0.29, 0.717) is 24.8 Å². The first kappa shape index (κ1) is 19.1. The number of hydrogen-bond acceptors (Lipinski definition) is 7. The summed E-state index contributed by atoms with van der Waals surface area (Å²) in [5, 5.41) is 8.95. The molecule has 1 fully saturated rings. The van der Waals surface area contributed by atoms with Crippen molar-refractivity contribution in [3.05, 3.63) is 35.9 Å². The summed E-state index contributed by atoms with van der Waals surface area (Å²) in [6, 6.07) is 3.83. The number of carboxylic acid groups (broad SMARTS) is 1. The highest BCUT2D eigenvalue weighted by molar-refractivity contribution is 6.10. The molecule has 152 valence electrons. The number of nitrogens with two attached hydrogens (primary N) is 1. The Kier molecular flexibility index (Phi) is 5.28. The standard InChI is InChI=1S/C20H23N5O4/c21-18-17-19(24-11-23-18)29-8-7-25(20(17)28)14-5-6-15(22-10-14)13-3-1-12(2-4-13)9-16(26)27/h5-6,10-13H,1-4,7-9H2,(H,26,27)(H2,21,23,24). The Labute approximate surface area is 167 Å². The van der Waals surface area contributed by atoms with Gasteiger partial charge in [0.05, 0.1) is 18.4 Å². The lowest BCUT2D eigenvalue weighted by atomic mass is 9.79. The zero-order valence-electron chi connectivity index (χ0n) is 16.0. The van der Waals surface area contributed by atoms with Crippen molar-refractivity contribution in [3.63, 3.8) is 0 Å². The molecule has 0 radical (unpaired) electrons. The van der Waals surface area contributed by atoms with E-state index in [9.17, 15) is 9.59 Å². The van der Waals surface area contributed by atoms with E-state index in [0.717, 1.165) is 31.4 Å². The first-order valence-electron chi connectivity index (χ1n) is 9.76. The lowest BCUT2D eigenvalue weighted by molar-refractivity contribution is -0.138. The second-order valence-corrected chi connectivity index (χ2v) is 7.50. The van der Waals surface area contributed by atoms with Crippen LogP contribution < -0.4 is 15.4 Å². The molecule has 2 aromatic rings. The lowest BCUT2D eigenvalue weighted by Gasteiger charge is -2.27. The number of ether oxygens (including phenoxy) is 1. The number of carbonyl (C=O) groups is 2. The van der Waals surface area contributed by atoms with Gasteiger partial charge in [-0.3, -0.25) is 14.6 Å². The third-order valence-corrected chi connectivity index (χ3v) is 5.67. The maximum Gasteiger partial charge on any atom is 0.303 e. The molecule has 0 saturated heterocycles. The Morgan fingerprint density at radius 2 is 2.00 bits per heavy atom. The van der Waals surface area contributed by atoms with Gasteiger partial charge in [0.25, 0.3) is 5.91 Å². The highest BCUT2D eigenvalue weighted by atomic mass is 16.5. The second kappa shape index (κ2) is 8.02. The molecule has 0 unspecified atom stereocenters. The number of amides is 1. The minimum atomic E-state index is -0.727. The van der Waals surface area contributed by atoms with Gasteiger partial charge in [0.1, 0.15) is 24.3 Å². The zero-order valence-corrected chi connectivity index (χ0v) is 16.0. The van der Waals surface area contributed by atoms with Crippen LogP contribution in [0.5, 0.6) is 5.88 Å². The van der Waals surface area contributed by atoms with E-state index < -0.39 is 5.97 Å². The van der Waals surface area contributed by atoms with Crippen molar-refractivity contribution in [1.29, 1.82) is 0 Å². The van der Waals surface area contributed by atoms with Crippen LogP contribution in [0.25, 0.3) is 0 Å². The first-order valence-corrected chi connectivity index (χ1v) is 9.76. The summed E-state index contributed by atoms with van der Waals surface area (Å²) in [6.07, 6.45) is 6.88. The Hall–Kier alpha value is -3.23. The molecular formula is C20H23N5O4. The van der Waals surface area contributed by atoms with Gasteiger partial charge in [0.2, 0.25) is 5.88 Å². The maximum atomic E-state index is 13.0. The van der Waals surface area contributed by atoms with Gasteiger partial charge < -0.3 is 20.5 Å². The van der Waals surface area contributed by atoms with Crippen molar-refractivity contribution < 1.29 is 19.4 Å². The number of anilines is 2. The number of nitrogen functional groups attached to an aromatic ring is 1. The quantitative estimate of drug-likeness (QED) is 0.803. The number of rotatable bonds is 4. The summed E-state index contributed by atoms with van der Waals surface area (Å²) in [5.74, 6) is -0.163. The Balaban J connectivity index is 1.48. The van der Waals surface area contributed by atoms with Gasteiger partial charge in [-0.1, -0.05) is 0 Å². The molecule has 9 nitrogen and oxygen atoms in total. The summed E-state index contributed by atoms with van der Waals surface area (Å²) in [4.78, 5) is 37.9. The van der Waals surface area contributed by atoms with Gasteiger partial charge in [-0.2, -0.15) is 0 Å². The van der Waals surface area contributed by atoms with Crippen LogP contribution in [0.4, 0.5) is 11.5 Å². The van der Waals surface area contributed by atoms with E-state index in [1.54, 1.807) is 11.1 Å². The lowest BCUT2D eigenvalue weighted by Crippen LogP contribution is -2.33. The van der Waals surface area contributed by atoms with E-state index in [1.165, 1.54) is 6.33 Å². The van der Waals surface area contributed by atoms with Crippen LogP contribution >= 0.6 is 0 Å². The molecule has 1 amide bonds. The summed E-state index contributed by atoms with van der Waals surface area (Å²) < 4.78 is 5.55. The van der Waals surface area contributed by atoms with Gasteiger partial charge >= 0.3 is 5.97 Å². The van der Waals surface area contributed by atoms with Gasteiger partial charge in [-0.15, -0.1) is 0 Å². The summed E-state index contributed by atoms with van der Waals surface area (Å²) in [5.41, 5.74) is 7.69. The molecule has 0 atom stereocenters. The molecule has 0 aromatic carbocycles. The topological polar surface area (TPSA) is 132 Å². The molecule has 0 bridgehead atoms. The second-order valence-electron chi connectivity index (χ2n) is 7.50. The monoisotopic (exact) mass is 397 g/mol. The van der Waals surface area contributed by atoms with Crippen molar-refractivity contribution in [2.45, 2.75) is 38.0 Å². The fourth-order valence-electron chi connectivity index (χ4n) is 4.12. The van der Waals surface area contributed by atoms with Crippen molar-refractivity contribution in [3.8, 4) is 5.88 Å². The van der Waals surface area contributed by atoms with Gasteiger partial charge in [-0.05, 0) is 43.7 Å². The highest BCUT2D eigenvalue weighted by Gasteiger charge is 2.29. The average Bonchev–Trinajstić information content (AvgIpc) is 2.88. The van der Waals surface area contributed by atoms with Crippen LogP contribution in [-0.4, -0.2) is 45.1 Å². The van der Waals surface area contributed by atoms with E-state index in [-0.39, 0.29) is 35.5 Å². The third kappa shape index (κ3) is 3.98. The van der Waals surface area contributed by atoms with Gasteiger partial charge in [0.15, 0.2) is 0 Å². The Morgan fingerprint density at radius 3 is 2.69 bits per heavy atom. The molecule has 9 heteroatoms. The van der Waals surface area contributed by atoms with Crippen molar-refractivity contribution in [2.24, 2.45) is 5.92 Å². The van der Waals surface area contributed by atoms with E-state index in [2.05, 4.69) is 15.0 Å². The van der Waals surface area contributed by atoms with Crippen LogP contribution in [0.15, 0.2) is 24.7 Å². The molecule has 4 rings (SSSR count). The third-order valence-electron chi connectivity index (χ3n) is 5.67. The zero-order chi connectivity index (χ0) is 20.4. The average molecular weight is 397 g/mol. The molecule has 2 aromatic heterocycles. The van der Waals surface area contributed by atoms with E-state index >= 15 is 0 Å². The number of carboxylic acids is 1. The minimum Gasteiger partial charge on any atom is -0.481 e. The molecule has 3 N–H and O–H groups in total. The van der Waals surface area contributed by atoms with Crippen molar-refractivity contribution >= 4 is 23.4 Å². The fourth-order valence-corrected chi connectivity index (χ4v) is 4.12. The van der Waals surface area contributed by atoms with E-state index in [1.807, 2.05) is 12.1 Å². The Morgan fingerprint density at radius 1 is 1.21 bits per heavy atom. The predicted octanol–water partition coefficient (Wildman–Crippen LogP) is 2.24. The summed E-state index contributed by atoms with van der Waals surface area (Å²) in [6.45, 7) is 0.653. The predicted molar refractivity (Wildman–Crippen MR) is 105 cm³/mol.